The van der Waals surface area contributed by atoms with Crippen molar-refractivity contribution in [3.05, 3.63) is 30.3 Å². The first-order valence-corrected chi connectivity index (χ1v) is 12.0. The van der Waals surface area contributed by atoms with E-state index in [4.69, 9.17) is 9.05 Å². The van der Waals surface area contributed by atoms with E-state index in [0.29, 0.717) is 13.2 Å². The molecule has 0 aromatic heterocycles. The highest BCUT2D eigenvalue weighted by Crippen LogP contribution is 2.55. The molecule has 26 heavy (non-hydrogen) atoms. The molecule has 150 valence electrons. The third-order valence-corrected chi connectivity index (χ3v) is 6.48. The summed E-state index contributed by atoms with van der Waals surface area (Å²) in [5.41, 5.74) is 0. The maximum Gasteiger partial charge on any atom is 0.446 e. The highest BCUT2D eigenvalue weighted by Gasteiger charge is 2.43. The molecule has 3 nitrogen and oxygen atoms in total. The van der Waals surface area contributed by atoms with Gasteiger partial charge in [-0.05, 0) is 36.8 Å². The van der Waals surface area contributed by atoms with E-state index in [1.54, 1.807) is 0 Å². The SMILES string of the molecule is CC(C)CCCCCO[P+](O)(OCCCCCC(C)C)c1ccccc1. The minimum absolute atomic E-state index is 0.560. The van der Waals surface area contributed by atoms with Crippen LogP contribution in [0.1, 0.15) is 79.1 Å². The second-order valence-electron chi connectivity index (χ2n) is 8.01. The number of unbranched alkanes of at least 4 members (excludes halogenated alkanes) is 4. The smallest absolute Gasteiger partial charge is 0.188 e. The van der Waals surface area contributed by atoms with Gasteiger partial charge in [0.1, 0.15) is 0 Å². The molecule has 0 aliphatic carbocycles. The Morgan fingerprint density at radius 2 is 1.19 bits per heavy atom. The van der Waals surface area contributed by atoms with Crippen LogP contribution in [0.4, 0.5) is 0 Å². The van der Waals surface area contributed by atoms with Crippen molar-refractivity contribution < 1.29 is 13.9 Å². The van der Waals surface area contributed by atoms with Crippen LogP contribution in [0.2, 0.25) is 0 Å². The zero-order valence-electron chi connectivity index (χ0n) is 17.3. The Balaban J connectivity index is 2.40. The van der Waals surface area contributed by atoms with Gasteiger partial charge in [-0.25, -0.2) is 0 Å². The molecule has 0 aliphatic heterocycles. The van der Waals surface area contributed by atoms with E-state index >= 15 is 0 Å². The summed E-state index contributed by atoms with van der Waals surface area (Å²) in [5.74, 6) is 1.51. The fraction of sp³-hybridized carbons (Fsp3) is 0.727. The zero-order valence-corrected chi connectivity index (χ0v) is 18.2. The summed E-state index contributed by atoms with van der Waals surface area (Å²) in [6, 6.07) is 9.62. The third kappa shape index (κ3) is 10.6. The number of hydrogen-bond acceptors (Lipinski definition) is 3. The summed E-state index contributed by atoms with van der Waals surface area (Å²) in [7, 11) is -2.96. The van der Waals surface area contributed by atoms with Gasteiger partial charge in [-0.15, -0.1) is 0 Å². The van der Waals surface area contributed by atoms with E-state index in [-0.39, 0.29) is 0 Å². The van der Waals surface area contributed by atoms with Crippen LogP contribution in [0.5, 0.6) is 0 Å². The van der Waals surface area contributed by atoms with Crippen molar-refractivity contribution in [2.75, 3.05) is 13.2 Å². The second kappa shape index (κ2) is 13.7. The Hall–Kier alpha value is -0.470. The van der Waals surface area contributed by atoms with Gasteiger partial charge in [0.15, 0.2) is 5.30 Å². The van der Waals surface area contributed by atoms with E-state index < -0.39 is 7.94 Å². The molecular formula is C22H40O3P+. The molecule has 0 bridgehead atoms. The molecular weight excluding hydrogens is 343 g/mol. The molecule has 1 aromatic carbocycles. The van der Waals surface area contributed by atoms with Gasteiger partial charge >= 0.3 is 7.94 Å². The highest BCUT2D eigenvalue weighted by molar-refractivity contribution is 7.68. The van der Waals surface area contributed by atoms with Crippen LogP contribution >= 0.6 is 7.94 Å². The lowest BCUT2D eigenvalue weighted by atomic mass is 10.1. The molecule has 0 radical (unpaired) electrons. The van der Waals surface area contributed by atoms with Crippen molar-refractivity contribution in [3.63, 3.8) is 0 Å². The number of hydrogen-bond donors (Lipinski definition) is 1. The van der Waals surface area contributed by atoms with Crippen LogP contribution in [0.3, 0.4) is 0 Å². The van der Waals surface area contributed by atoms with Crippen LogP contribution in [0, 0.1) is 11.8 Å². The molecule has 0 amide bonds. The van der Waals surface area contributed by atoms with E-state index in [1.807, 2.05) is 30.3 Å². The summed E-state index contributed by atoms with van der Waals surface area (Å²) >= 11 is 0. The van der Waals surface area contributed by atoms with Gasteiger partial charge in [-0.1, -0.05) is 84.4 Å². The first kappa shape index (κ1) is 23.6. The standard InChI is InChI=1S/C22H40O3P/c1-20(2)14-8-6-12-18-24-26(23,22-16-10-5-11-17-22)25-19-13-7-9-15-21(3)4/h5,10-11,16-17,20-21,23H,6-9,12-15,18-19H2,1-4H3/q+1. The van der Waals surface area contributed by atoms with E-state index in [2.05, 4.69) is 27.7 Å². The van der Waals surface area contributed by atoms with Crippen molar-refractivity contribution in [1.29, 1.82) is 0 Å². The van der Waals surface area contributed by atoms with E-state index in [1.165, 1.54) is 25.7 Å². The van der Waals surface area contributed by atoms with Crippen molar-refractivity contribution in [2.45, 2.75) is 79.1 Å². The quantitative estimate of drug-likeness (QED) is 0.276. The van der Waals surface area contributed by atoms with Crippen molar-refractivity contribution in [2.24, 2.45) is 11.8 Å². The van der Waals surface area contributed by atoms with Gasteiger partial charge < -0.3 is 0 Å². The number of benzene rings is 1. The second-order valence-corrected chi connectivity index (χ2v) is 10.1. The van der Waals surface area contributed by atoms with Gasteiger partial charge in [0.25, 0.3) is 0 Å². The summed E-state index contributed by atoms with van der Waals surface area (Å²) in [6.07, 6.45) is 9.18. The fourth-order valence-corrected chi connectivity index (χ4v) is 4.52. The zero-order chi connectivity index (χ0) is 19.3. The highest BCUT2D eigenvalue weighted by atomic mass is 31.2. The van der Waals surface area contributed by atoms with Crippen LogP contribution in [-0.4, -0.2) is 18.1 Å². The molecule has 0 spiro atoms. The Bertz CT molecular complexity index is 428. The molecule has 0 saturated heterocycles. The molecule has 0 unspecified atom stereocenters. The monoisotopic (exact) mass is 383 g/mol. The largest absolute Gasteiger partial charge is 0.446 e. The van der Waals surface area contributed by atoms with E-state index in [0.717, 1.165) is 42.8 Å². The first-order chi connectivity index (χ1) is 12.4. The Morgan fingerprint density at radius 3 is 1.62 bits per heavy atom. The summed E-state index contributed by atoms with van der Waals surface area (Å²) in [6.45, 7) is 10.1. The third-order valence-electron chi connectivity index (χ3n) is 4.47. The average molecular weight is 384 g/mol. The average Bonchev–Trinajstić information content (AvgIpc) is 2.61. The van der Waals surface area contributed by atoms with Crippen LogP contribution in [-0.2, 0) is 9.05 Å². The van der Waals surface area contributed by atoms with Crippen molar-refractivity contribution >= 4 is 13.2 Å². The van der Waals surface area contributed by atoms with Gasteiger partial charge in [-0.3, -0.25) is 0 Å². The van der Waals surface area contributed by atoms with Gasteiger partial charge in [0.05, 0.1) is 13.2 Å². The summed E-state index contributed by atoms with van der Waals surface area (Å²) in [5, 5.41) is 0.782. The topological polar surface area (TPSA) is 38.7 Å². The predicted octanol–water partition coefficient (Wildman–Crippen LogP) is 6.53. The van der Waals surface area contributed by atoms with Crippen LogP contribution in [0.15, 0.2) is 30.3 Å². The van der Waals surface area contributed by atoms with Crippen molar-refractivity contribution in [3.8, 4) is 0 Å². The molecule has 0 heterocycles. The molecule has 0 saturated carbocycles. The summed E-state index contributed by atoms with van der Waals surface area (Å²) < 4.78 is 11.8. The summed E-state index contributed by atoms with van der Waals surface area (Å²) in [4.78, 5) is 11.0. The van der Waals surface area contributed by atoms with Crippen LogP contribution < -0.4 is 5.30 Å². The minimum Gasteiger partial charge on any atom is -0.188 e. The van der Waals surface area contributed by atoms with Crippen molar-refractivity contribution in [1.82, 2.24) is 0 Å². The lowest BCUT2D eigenvalue weighted by Crippen LogP contribution is -2.17. The Kier molecular flexibility index (Phi) is 12.4. The lowest BCUT2D eigenvalue weighted by molar-refractivity contribution is 0.179. The molecule has 0 aliphatic rings. The van der Waals surface area contributed by atoms with Gasteiger partial charge in [0, 0.05) is 0 Å². The lowest BCUT2D eigenvalue weighted by Gasteiger charge is -2.17. The normalized spacial score (nSPS) is 12.3. The fourth-order valence-electron chi connectivity index (χ4n) is 2.84. The molecule has 0 fully saturated rings. The molecule has 4 heteroatoms. The predicted molar refractivity (Wildman–Crippen MR) is 114 cm³/mol. The maximum absolute atomic E-state index is 11.0. The number of rotatable bonds is 15. The Labute approximate surface area is 162 Å². The van der Waals surface area contributed by atoms with Gasteiger partial charge in [0.2, 0.25) is 0 Å². The molecule has 1 N–H and O–H groups in total. The van der Waals surface area contributed by atoms with Gasteiger partial charge in [-0.2, -0.15) is 13.9 Å². The van der Waals surface area contributed by atoms with E-state index in [9.17, 15) is 4.89 Å². The molecule has 1 rings (SSSR count). The Morgan fingerprint density at radius 1 is 0.731 bits per heavy atom. The van der Waals surface area contributed by atoms with Crippen LogP contribution in [0.25, 0.3) is 0 Å². The maximum atomic E-state index is 11.0. The minimum atomic E-state index is -2.96. The molecule has 0 atom stereocenters. The molecule has 1 aromatic rings. The first-order valence-electron chi connectivity index (χ1n) is 10.4.